The fourth-order valence-corrected chi connectivity index (χ4v) is 3.87. The van der Waals surface area contributed by atoms with Crippen molar-refractivity contribution in [2.24, 2.45) is 0 Å². The molecular weight excluding hydrogens is 286 g/mol. The van der Waals surface area contributed by atoms with E-state index in [1.807, 2.05) is 11.7 Å². The summed E-state index contributed by atoms with van der Waals surface area (Å²) in [5, 5.41) is 8.65. The van der Waals surface area contributed by atoms with Crippen molar-refractivity contribution in [1.82, 2.24) is 15.1 Å². The van der Waals surface area contributed by atoms with Gasteiger partial charge >= 0.3 is 0 Å². The number of hydrogen-bond donors (Lipinski definition) is 1. The van der Waals surface area contributed by atoms with Crippen LogP contribution in [0.25, 0.3) is 0 Å². The molecule has 0 aliphatic heterocycles. The number of nitrogens with zero attached hydrogens (tertiary/aromatic N) is 2. The molecule has 0 spiro atoms. The number of nitrogens with one attached hydrogen (secondary N) is 1. The van der Waals surface area contributed by atoms with E-state index in [4.69, 9.17) is 16.3 Å². The van der Waals surface area contributed by atoms with Crippen LogP contribution in [-0.4, -0.2) is 29.0 Å². The minimum atomic E-state index is -0.169. The van der Waals surface area contributed by atoms with Gasteiger partial charge in [-0.25, -0.2) is 0 Å². The van der Waals surface area contributed by atoms with Crippen molar-refractivity contribution in [1.29, 1.82) is 0 Å². The van der Waals surface area contributed by atoms with Gasteiger partial charge in [0, 0.05) is 12.6 Å². The molecule has 2 rings (SSSR count). The zero-order valence-electron chi connectivity index (χ0n) is 13.7. The van der Waals surface area contributed by atoms with Crippen molar-refractivity contribution in [2.45, 2.75) is 70.6 Å². The van der Waals surface area contributed by atoms with Crippen LogP contribution in [0.15, 0.2) is 6.20 Å². The van der Waals surface area contributed by atoms with Crippen LogP contribution >= 0.6 is 11.6 Å². The van der Waals surface area contributed by atoms with Gasteiger partial charge < -0.3 is 10.1 Å². The third-order valence-corrected chi connectivity index (χ3v) is 4.79. The monoisotopic (exact) mass is 313 g/mol. The summed E-state index contributed by atoms with van der Waals surface area (Å²) in [5.41, 5.74) is 0.891. The molecule has 0 radical (unpaired) electrons. The van der Waals surface area contributed by atoms with Gasteiger partial charge in [0.2, 0.25) is 0 Å². The summed E-state index contributed by atoms with van der Waals surface area (Å²) < 4.78 is 8.30. The molecule has 0 aromatic carbocycles. The average Bonchev–Trinajstić information content (AvgIpc) is 2.83. The Morgan fingerprint density at radius 1 is 1.38 bits per heavy atom. The minimum absolute atomic E-state index is 0.0788. The SMILES string of the molecule is CCOC1(C(NC)c2c(Cl)cnn2C(C)C)CCCCC1. The molecule has 1 heterocycles. The zero-order valence-corrected chi connectivity index (χ0v) is 14.4. The molecule has 120 valence electrons. The maximum atomic E-state index is 6.47. The van der Waals surface area contributed by atoms with Crippen LogP contribution < -0.4 is 5.32 Å². The van der Waals surface area contributed by atoms with Gasteiger partial charge in [-0.05, 0) is 40.7 Å². The number of hydrogen-bond acceptors (Lipinski definition) is 3. The minimum Gasteiger partial charge on any atom is -0.373 e. The number of rotatable bonds is 6. The first-order valence-electron chi connectivity index (χ1n) is 8.10. The van der Waals surface area contributed by atoms with Crippen molar-refractivity contribution in [2.75, 3.05) is 13.7 Å². The largest absolute Gasteiger partial charge is 0.373 e. The second-order valence-corrected chi connectivity index (χ2v) is 6.60. The zero-order chi connectivity index (χ0) is 15.5. The lowest BCUT2D eigenvalue weighted by atomic mass is 9.77. The number of ether oxygens (including phenoxy) is 1. The molecule has 5 heteroatoms. The van der Waals surface area contributed by atoms with Crippen molar-refractivity contribution < 1.29 is 4.74 Å². The summed E-state index contributed by atoms with van der Waals surface area (Å²) in [7, 11) is 1.99. The van der Waals surface area contributed by atoms with E-state index in [1.165, 1.54) is 19.3 Å². The summed E-state index contributed by atoms with van der Waals surface area (Å²) in [5.74, 6) is 0. The molecule has 0 bridgehead atoms. The Morgan fingerprint density at radius 2 is 2.05 bits per heavy atom. The van der Waals surface area contributed by atoms with Gasteiger partial charge in [-0.1, -0.05) is 30.9 Å². The highest BCUT2D eigenvalue weighted by molar-refractivity contribution is 6.31. The first-order valence-corrected chi connectivity index (χ1v) is 8.47. The maximum absolute atomic E-state index is 6.47. The van der Waals surface area contributed by atoms with E-state index in [9.17, 15) is 0 Å². The molecule has 1 aromatic rings. The smallest absolute Gasteiger partial charge is 0.0891 e. The number of halogens is 1. The molecule has 1 fully saturated rings. The molecular formula is C16H28ClN3O. The van der Waals surface area contributed by atoms with Gasteiger partial charge in [-0.2, -0.15) is 5.10 Å². The molecule has 1 saturated carbocycles. The molecule has 0 saturated heterocycles. The Bertz CT molecular complexity index is 447. The summed E-state index contributed by atoms with van der Waals surface area (Å²) in [4.78, 5) is 0. The van der Waals surface area contributed by atoms with Crippen LogP contribution in [0.2, 0.25) is 5.02 Å². The Kier molecular flexibility index (Phi) is 5.69. The first-order chi connectivity index (χ1) is 10.1. The van der Waals surface area contributed by atoms with Crippen molar-refractivity contribution in [3.63, 3.8) is 0 Å². The fraction of sp³-hybridized carbons (Fsp3) is 0.812. The molecule has 1 aromatic heterocycles. The summed E-state index contributed by atoms with van der Waals surface area (Å²) >= 11 is 6.47. The van der Waals surface area contributed by atoms with Gasteiger partial charge in [0.15, 0.2) is 0 Å². The van der Waals surface area contributed by atoms with E-state index < -0.39 is 0 Å². The third kappa shape index (κ3) is 3.27. The van der Waals surface area contributed by atoms with Crippen LogP contribution in [-0.2, 0) is 4.74 Å². The highest BCUT2D eigenvalue weighted by Gasteiger charge is 2.43. The van der Waals surface area contributed by atoms with Crippen LogP contribution in [0.1, 0.15) is 70.7 Å². The second-order valence-electron chi connectivity index (χ2n) is 6.20. The highest BCUT2D eigenvalue weighted by atomic mass is 35.5. The predicted octanol–water partition coefficient (Wildman–Crippen LogP) is 4.12. The average molecular weight is 314 g/mol. The Hall–Kier alpha value is -0.580. The molecule has 1 atom stereocenters. The van der Waals surface area contributed by atoms with Crippen molar-refractivity contribution >= 4 is 11.6 Å². The van der Waals surface area contributed by atoms with Crippen molar-refractivity contribution in [3.05, 3.63) is 16.9 Å². The second kappa shape index (κ2) is 7.12. The van der Waals surface area contributed by atoms with E-state index in [1.54, 1.807) is 6.20 Å². The van der Waals surface area contributed by atoms with Gasteiger partial charge in [0.1, 0.15) is 0 Å². The molecule has 1 unspecified atom stereocenters. The van der Waals surface area contributed by atoms with Crippen LogP contribution in [0.5, 0.6) is 0 Å². The van der Waals surface area contributed by atoms with E-state index >= 15 is 0 Å². The van der Waals surface area contributed by atoms with Gasteiger partial charge in [0.05, 0.1) is 28.6 Å². The van der Waals surface area contributed by atoms with E-state index in [0.717, 1.165) is 30.2 Å². The van der Waals surface area contributed by atoms with Crippen LogP contribution in [0.4, 0.5) is 0 Å². The quantitative estimate of drug-likeness (QED) is 0.858. The molecule has 1 aliphatic carbocycles. The van der Waals surface area contributed by atoms with E-state index in [-0.39, 0.29) is 17.7 Å². The lowest BCUT2D eigenvalue weighted by Crippen LogP contribution is -2.47. The highest BCUT2D eigenvalue weighted by Crippen LogP contribution is 2.43. The third-order valence-electron chi connectivity index (χ3n) is 4.50. The molecule has 1 N–H and O–H groups in total. The Balaban J connectivity index is 2.43. The molecule has 21 heavy (non-hydrogen) atoms. The lowest BCUT2D eigenvalue weighted by Gasteiger charge is -2.43. The molecule has 0 amide bonds. The first kappa shape index (κ1) is 16.8. The molecule has 4 nitrogen and oxygen atoms in total. The van der Waals surface area contributed by atoms with Gasteiger partial charge in [-0.15, -0.1) is 0 Å². The Morgan fingerprint density at radius 3 is 2.57 bits per heavy atom. The summed E-state index contributed by atoms with van der Waals surface area (Å²) in [6, 6.07) is 0.362. The van der Waals surface area contributed by atoms with Crippen molar-refractivity contribution in [3.8, 4) is 0 Å². The number of likely N-dealkylation sites (N-methyl/N-ethyl adjacent to an activating group) is 1. The van der Waals surface area contributed by atoms with Crippen LogP contribution in [0.3, 0.4) is 0 Å². The standard InChI is InChI=1S/C16H28ClN3O/c1-5-21-16(9-7-6-8-10-16)15(18-4)14-13(17)11-19-20(14)12(2)3/h11-12,15,18H,5-10H2,1-4H3. The molecule has 1 aliphatic rings. The topological polar surface area (TPSA) is 39.1 Å². The maximum Gasteiger partial charge on any atom is 0.0891 e. The normalized spacial score (nSPS) is 19.9. The predicted molar refractivity (Wildman–Crippen MR) is 86.9 cm³/mol. The number of aromatic nitrogens is 2. The van der Waals surface area contributed by atoms with Crippen LogP contribution in [0, 0.1) is 0 Å². The van der Waals surface area contributed by atoms with E-state index in [0.29, 0.717) is 0 Å². The van der Waals surface area contributed by atoms with E-state index in [2.05, 4.69) is 31.2 Å². The van der Waals surface area contributed by atoms with Gasteiger partial charge in [-0.3, -0.25) is 4.68 Å². The summed E-state index contributed by atoms with van der Waals surface area (Å²) in [6.45, 7) is 7.07. The Labute approximate surface area is 133 Å². The van der Waals surface area contributed by atoms with Gasteiger partial charge in [0.25, 0.3) is 0 Å². The summed E-state index contributed by atoms with van der Waals surface area (Å²) in [6.07, 6.45) is 7.63. The fourth-order valence-electron chi connectivity index (χ4n) is 3.64. The lowest BCUT2D eigenvalue weighted by molar-refractivity contribution is -0.0916.